The van der Waals surface area contributed by atoms with Crippen LogP contribution in [0.15, 0.2) is 0 Å². The summed E-state index contributed by atoms with van der Waals surface area (Å²) < 4.78 is 0. The van der Waals surface area contributed by atoms with Gasteiger partial charge < -0.3 is 15.5 Å². The number of rotatable bonds is 4. The van der Waals surface area contributed by atoms with Crippen LogP contribution < -0.4 is 10.6 Å². The van der Waals surface area contributed by atoms with E-state index in [2.05, 4.69) is 10.6 Å². The average Bonchev–Trinajstić information content (AvgIpc) is 2.54. The Balaban J connectivity index is 0.00000288. The number of carbonyl (C=O) groups is 2. The van der Waals surface area contributed by atoms with Gasteiger partial charge in [-0.25, -0.2) is 0 Å². The van der Waals surface area contributed by atoms with Crippen molar-refractivity contribution in [3.8, 4) is 0 Å². The summed E-state index contributed by atoms with van der Waals surface area (Å²) in [6, 6.07) is 0. The molecule has 2 N–H and O–H groups in total. The summed E-state index contributed by atoms with van der Waals surface area (Å²) in [4.78, 5) is 26.7. The Morgan fingerprint density at radius 3 is 2.58 bits per heavy atom. The molecule has 6 heteroatoms. The van der Waals surface area contributed by atoms with E-state index >= 15 is 0 Å². The van der Waals surface area contributed by atoms with Crippen molar-refractivity contribution in [2.24, 2.45) is 17.3 Å². The molecule has 2 saturated heterocycles. The van der Waals surface area contributed by atoms with Crippen molar-refractivity contribution in [1.29, 1.82) is 0 Å². The van der Waals surface area contributed by atoms with E-state index in [1.54, 1.807) is 0 Å². The SMILES string of the molecule is CC(C)(C)C(=O)N1CCCC(C(=O)NCCC2CCCNC2)C1.Cl. The highest BCUT2D eigenvalue weighted by Crippen LogP contribution is 2.23. The van der Waals surface area contributed by atoms with Gasteiger partial charge in [-0.3, -0.25) is 9.59 Å². The Labute approximate surface area is 152 Å². The minimum Gasteiger partial charge on any atom is -0.356 e. The van der Waals surface area contributed by atoms with Crippen LogP contribution in [0.2, 0.25) is 0 Å². The van der Waals surface area contributed by atoms with E-state index in [1.807, 2.05) is 25.7 Å². The molecule has 0 spiro atoms. The number of halogens is 1. The molecule has 2 aliphatic heterocycles. The molecule has 2 unspecified atom stereocenters. The third-order valence-corrected chi connectivity index (χ3v) is 4.97. The molecule has 2 atom stereocenters. The molecule has 2 aliphatic rings. The molecule has 5 nitrogen and oxygen atoms in total. The van der Waals surface area contributed by atoms with Gasteiger partial charge in [-0.15, -0.1) is 12.4 Å². The van der Waals surface area contributed by atoms with E-state index in [9.17, 15) is 9.59 Å². The highest BCUT2D eigenvalue weighted by Gasteiger charge is 2.33. The molecule has 2 rings (SSSR count). The summed E-state index contributed by atoms with van der Waals surface area (Å²) >= 11 is 0. The van der Waals surface area contributed by atoms with Gasteiger partial charge in [0, 0.05) is 25.0 Å². The second kappa shape index (κ2) is 9.62. The lowest BCUT2D eigenvalue weighted by atomic mass is 9.90. The van der Waals surface area contributed by atoms with Crippen molar-refractivity contribution in [2.75, 3.05) is 32.7 Å². The fourth-order valence-corrected chi connectivity index (χ4v) is 3.56. The number of hydrogen-bond donors (Lipinski definition) is 2. The van der Waals surface area contributed by atoms with Gasteiger partial charge in [-0.05, 0) is 51.1 Å². The molecular weight excluding hydrogens is 326 g/mol. The monoisotopic (exact) mass is 359 g/mol. The molecule has 0 aromatic rings. The van der Waals surface area contributed by atoms with Crippen molar-refractivity contribution in [2.45, 2.75) is 52.9 Å². The number of amides is 2. The molecule has 2 amide bonds. The van der Waals surface area contributed by atoms with Crippen LogP contribution in [0.3, 0.4) is 0 Å². The largest absolute Gasteiger partial charge is 0.356 e. The summed E-state index contributed by atoms with van der Waals surface area (Å²) in [5.74, 6) is 0.928. The molecule has 0 aromatic heterocycles. The molecule has 24 heavy (non-hydrogen) atoms. The Hall–Kier alpha value is -0.810. The molecule has 0 radical (unpaired) electrons. The van der Waals surface area contributed by atoms with E-state index < -0.39 is 0 Å². The fraction of sp³-hybridized carbons (Fsp3) is 0.889. The summed E-state index contributed by atoms with van der Waals surface area (Å²) in [7, 11) is 0. The minimum atomic E-state index is -0.369. The molecule has 0 saturated carbocycles. The Kier molecular flexibility index (Phi) is 8.51. The normalized spacial score (nSPS) is 24.9. The van der Waals surface area contributed by atoms with E-state index in [-0.39, 0.29) is 35.6 Å². The first-order chi connectivity index (χ1) is 10.9. The van der Waals surface area contributed by atoms with Crippen LogP contribution in [-0.2, 0) is 9.59 Å². The zero-order valence-electron chi connectivity index (χ0n) is 15.4. The smallest absolute Gasteiger partial charge is 0.227 e. The van der Waals surface area contributed by atoms with Crippen molar-refractivity contribution in [3.05, 3.63) is 0 Å². The number of carbonyl (C=O) groups excluding carboxylic acids is 2. The third kappa shape index (κ3) is 6.25. The van der Waals surface area contributed by atoms with Crippen LogP contribution in [0.5, 0.6) is 0 Å². The lowest BCUT2D eigenvalue weighted by Crippen LogP contribution is -2.49. The van der Waals surface area contributed by atoms with E-state index in [1.165, 1.54) is 12.8 Å². The molecule has 2 fully saturated rings. The lowest BCUT2D eigenvalue weighted by molar-refractivity contribution is -0.142. The summed E-state index contributed by atoms with van der Waals surface area (Å²) in [6.07, 6.45) is 5.37. The number of hydrogen-bond acceptors (Lipinski definition) is 3. The van der Waals surface area contributed by atoms with Crippen molar-refractivity contribution >= 4 is 24.2 Å². The molecule has 0 bridgehead atoms. The van der Waals surface area contributed by atoms with Gasteiger partial charge in [-0.1, -0.05) is 20.8 Å². The van der Waals surface area contributed by atoms with Gasteiger partial charge >= 0.3 is 0 Å². The average molecular weight is 360 g/mol. The van der Waals surface area contributed by atoms with Crippen LogP contribution in [0.4, 0.5) is 0 Å². The summed E-state index contributed by atoms with van der Waals surface area (Å²) in [5.41, 5.74) is -0.369. The van der Waals surface area contributed by atoms with Crippen LogP contribution in [0.25, 0.3) is 0 Å². The number of nitrogens with zero attached hydrogens (tertiary/aromatic N) is 1. The van der Waals surface area contributed by atoms with Gasteiger partial charge in [0.1, 0.15) is 0 Å². The van der Waals surface area contributed by atoms with Gasteiger partial charge in [0.05, 0.1) is 5.92 Å². The first kappa shape index (κ1) is 21.2. The van der Waals surface area contributed by atoms with Gasteiger partial charge in [0.25, 0.3) is 0 Å². The number of piperidine rings is 2. The summed E-state index contributed by atoms with van der Waals surface area (Å²) in [5, 5.41) is 6.51. The lowest BCUT2D eigenvalue weighted by Gasteiger charge is -2.36. The molecular formula is C18H34ClN3O2. The van der Waals surface area contributed by atoms with Crippen molar-refractivity contribution < 1.29 is 9.59 Å². The zero-order valence-corrected chi connectivity index (χ0v) is 16.2. The topological polar surface area (TPSA) is 61.4 Å². The van der Waals surface area contributed by atoms with Gasteiger partial charge in [0.15, 0.2) is 0 Å². The molecule has 0 aromatic carbocycles. The molecule has 2 heterocycles. The maximum atomic E-state index is 12.4. The van der Waals surface area contributed by atoms with Gasteiger partial charge in [0.2, 0.25) is 11.8 Å². The first-order valence-electron chi connectivity index (χ1n) is 9.15. The maximum absolute atomic E-state index is 12.4. The van der Waals surface area contributed by atoms with Crippen molar-refractivity contribution in [1.82, 2.24) is 15.5 Å². The Morgan fingerprint density at radius 1 is 1.21 bits per heavy atom. The standard InChI is InChI=1S/C18H33N3O2.ClH/c1-18(2,3)17(23)21-11-5-7-15(13-21)16(22)20-10-8-14-6-4-9-19-12-14;/h14-15,19H,4-13H2,1-3H3,(H,20,22);1H. The maximum Gasteiger partial charge on any atom is 0.227 e. The first-order valence-corrected chi connectivity index (χ1v) is 9.15. The van der Waals surface area contributed by atoms with Crippen LogP contribution in [0.1, 0.15) is 52.9 Å². The number of likely N-dealkylation sites (tertiary alicyclic amines) is 1. The minimum absolute atomic E-state index is 0. The fourth-order valence-electron chi connectivity index (χ4n) is 3.56. The quantitative estimate of drug-likeness (QED) is 0.808. The predicted molar refractivity (Wildman–Crippen MR) is 99.2 cm³/mol. The zero-order chi connectivity index (χ0) is 16.9. The van der Waals surface area contributed by atoms with Crippen LogP contribution in [-0.4, -0.2) is 49.4 Å². The number of nitrogens with one attached hydrogen (secondary N) is 2. The summed E-state index contributed by atoms with van der Waals surface area (Å²) in [6.45, 7) is 10.1. The van der Waals surface area contributed by atoms with E-state index in [4.69, 9.17) is 0 Å². The van der Waals surface area contributed by atoms with Crippen LogP contribution >= 0.6 is 12.4 Å². The third-order valence-electron chi connectivity index (χ3n) is 4.97. The molecule has 140 valence electrons. The van der Waals surface area contributed by atoms with Crippen molar-refractivity contribution in [3.63, 3.8) is 0 Å². The second-order valence-corrected chi connectivity index (χ2v) is 8.13. The molecule has 0 aliphatic carbocycles. The van der Waals surface area contributed by atoms with E-state index in [0.29, 0.717) is 12.5 Å². The second-order valence-electron chi connectivity index (χ2n) is 8.13. The predicted octanol–water partition coefficient (Wildman–Crippen LogP) is 2.20. The van der Waals surface area contributed by atoms with E-state index in [0.717, 1.165) is 45.4 Å². The highest BCUT2D eigenvalue weighted by molar-refractivity contribution is 5.85. The van der Waals surface area contributed by atoms with Gasteiger partial charge in [-0.2, -0.15) is 0 Å². The Morgan fingerprint density at radius 2 is 1.96 bits per heavy atom. The highest BCUT2D eigenvalue weighted by atomic mass is 35.5. The Bertz CT molecular complexity index is 417. The van der Waals surface area contributed by atoms with Crippen LogP contribution in [0, 0.1) is 17.3 Å².